The van der Waals surface area contributed by atoms with Gasteiger partial charge in [0.15, 0.2) is 0 Å². The van der Waals surface area contributed by atoms with Gasteiger partial charge < -0.3 is 30.6 Å². The van der Waals surface area contributed by atoms with E-state index in [4.69, 9.17) is 0 Å². The van der Waals surface area contributed by atoms with Gasteiger partial charge in [0.2, 0.25) is 0 Å². The van der Waals surface area contributed by atoms with Crippen molar-refractivity contribution in [3.63, 3.8) is 0 Å². The molecular formula is C28H40O6. The molecule has 0 saturated carbocycles. The molecule has 0 bridgehead atoms. The summed E-state index contributed by atoms with van der Waals surface area (Å²) in [5.74, 6) is 0. The molecule has 2 rings (SSSR count). The molecule has 2 aromatic rings. The lowest BCUT2D eigenvalue weighted by atomic mass is 9.71. The Morgan fingerprint density at radius 2 is 1.32 bits per heavy atom. The lowest BCUT2D eigenvalue weighted by Crippen LogP contribution is -2.66. The molecule has 6 N–H and O–H groups in total. The minimum absolute atomic E-state index is 0.00903. The Morgan fingerprint density at radius 3 is 1.79 bits per heavy atom. The first-order chi connectivity index (χ1) is 15.9. The van der Waals surface area contributed by atoms with Crippen LogP contribution in [0.2, 0.25) is 0 Å². The summed E-state index contributed by atoms with van der Waals surface area (Å²) in [7, 11) is 0. The minimum Gasteiger partial charge on any atom is -0.394 e. The normalized spacial score (nSPS) is 18.3. The van der Waals surface area contributed by atoms with Gasteiger partial charge in [0, 0.05) is 12.8 Å². The van der Waals surface area contributed by atoms with E-state index in [2.05, 4.69) is 0 Å². The third-order valence-electron chi connectivity index (χ3n) is 7.16. The fourth-order valence-electron chi connectivity index (χ4n) is 4.51. The van der Waals surface area contributed by atoms with Crippen LogP contribution < -0.4 is 0 Å². The lowest BCUT2D eigenvalue weighted by molar-refractivity contribution is -0.228. The molecular weight excluding hydrogens is 432 g/mol. The van der Waals surface area contributed by atoms with Crippen LogP contribution in [0.5, 0.6) is 0 Å². The van der Waals surface area contributed by atoms with Gasteiger partial charge in [-0.15, -0.1) is 0 Å². The monoisotopic (exact) mass is 472 g/mol. The van der Waals surface area contributed by atoms with Crippen molar-refractivity contribution in [2.45, 2.75) is 83.4 Å². The molecule has 1 unspecified atom stereocenters. The molecule has 6 heteroatoms. The average molecular weight is 473 g/mol. The molecule has 0 saturated heterocycles. The fourth-order valence-corrected chi connectivity index (χ4v) is 4.51. The number of benzene rings is 2. The van der Waals surface area contributed by atoms with E-state index < -0.39 is 36.1 Å². The van der Waals surface area contributed by atoms with Crippen molar-refractivity contribution in [2.75, 3.05) is 6.61 Å². The van der Waals surface area contributed by atoms with E-state index in [1.165, 1.54) is 0 Å². The number of allylic oxidation sites excluding steroid dienone is 1. The molecule has 6 nitrogen and oxygen atoms in total. The maximum absolute atomic E-state index is 11.8. The topological polar surface area (TPSA) is 121 Å². The molecule has 188 valence electrons. The summed E-state index contributed by atoms with van der Waals surface area (Å²) in [4.78, 5) is 0. The zero-order valence-electron chi connectivity index (χ0n) is 20.9. The van der Waals surface area contributed by atoms with Gasteiger partial charge in [-0.1, -0.05) is 48.6 Å². The van der Waals surface area contributed by atoms with Crippen molar-refractivity contribution in [3.8, 4) is 0 Å². The molecule has 0 aromatic heterocycles. The van der Waals surface area contributed by atoms with Crippen molar-refractivity contribution in [1.82, 2.24) is 0 Å². The van der Waals surface area contributed by atoms with E-state index in [1.807, 2.05) is 52.0 Å². The summed E-state index contributed by atoms with van der Waals surface area (Å²) in [5, 5.41) is 65.9. The van der Waals surface area contributed by atoms with Crippen LogP contribution in [0.25, 0.3) is 0 Å². The van der Waals surface area contributed by atoms with Crippen LogP contribution in [-0.4, -0.2) is 66.8 Å². The Balaban J connectivity index is 2.62. The molecule has 0 amide bonds. The van der Waals surface area contributed by atoms with Crippen molar-refractivity contribution in [3.05, 3.63) is 81.9 Å². The maximum atomic E-state index is 11.8. The van der Waals surface area contributed by atoms with E-state index in [-0.39, 0.29) is 19.3 Å². The molecule has 0 radical (unpaired) electrons. The van der Waals surface area contributed by atoms with E-state index in [0.29, 0.717) is 5.56 Å². The van der Waals surface area contributed by atoms with Gasteiger partial charge in [0.05, 0.1) is 6.61 Å². The van der Waals surface area contributed by atoms with Crippen LogP contribution in [0.4, 0.5) is 0 Å². The lowest BCUT2D eigenvalue weighted by Gasteiger charge is -2.46. The SMILES string of the molecule is C/C=C/CC(O)(Cc1cccc(C)c1C)[C@@H](O)[C@@](O)(Cc1cccc(C)c1C)[C@H](O)[C@@H](O)CO. The third-order valence-corrected chi connectivity index (χ3v) is 7.16. The highest BCUT2D eigenvalue weighted by Gasteiger charge is 2.54. The second-order valence-electron chi connectivity index (χ2n) is 9.54. The van der Waals surface area contributed by atoms with Gasteiger partial charge in [-0.25, -0.2) is 0 Å². The minimum atomic E-state index is -2.35. The smallest absolute Gasteiger partial charge is 0.126 e. The Kier molecular flexibility index (Phi) is 9.60. The zero-order valence-corrected chi connectivity index (χ0v) is 20.9. The first-order valence-corrected chi connectivity index (χ1v) is 11.7. The molecule has 0 spiro atoms. The molecule has 0 heterocycles. The van der Waals surface area contributed by atoms with E-state index >= 15 is 0 Å². The highest BCUT2D eigenvalue weighted by Crippen LogP contribution is 2.36. The summed E-state index contributed by atoms with van der Waals surface area (Å²) in [6, 6.07) is 11.2. The number of aryl methyl sites for hydroxylation is 2. The van der Waals surface area contributed by atoms with Crippen molar-refractivity contribution >= 4 is 0 Å². The maximum Gasteiger partial charge on any atom is 0.126 e. The number of aliphatic hydroxyl groups is 6. The highest BCUT2D eigenvalue weighted by atomic mass is 16.4. The number of hydrogen-bond donors (Lipinski definition) is 6. The van der Waals surface area contributed by atoms with E-state index in [1.54, 1.807) is 31.2 Å². The quantitative estimate of drug-likeness (QED) is 0.279. The highest BCUT2D eigenvalue weighted by molar-refractivity contribution is 5.37. The van der Waals surface area contributed by atoms with Gasteiger partial charge in [-0.2, -0.15) is 0 Å². The standard InChI is InChI=1S/C28H40O6/c1-6-7-14-27(33,15-22-12-8-10-18(2)20(22)4)26(32)28(34,25(31)24(30)17-29)16-23-13-9-11-19(3)21(23)5/h6-13,24-26,29-34H,14-17H2,1-5H3/b7-6+/t24-,25+,26+,27?,28+/m0/s1. The summed E-state index contributed by atoms with van der Waals surface area (Å²) in [6.07, 6.45) is -2.25. The van der Waals surface area contributed by atoms with Crippen LogP contribution in [0.3, 0.4) is 0 Å². The molecule has 34 heavy (non-hydrogen) atoms. The second kappa shape index (κ2) is 11.6. The van der Waals surface area contributed by atoms with Crippen LogP contribution in [0.15, 0.2) is 48.6 Å². The summed E-state index contributed by atoms with van der Waals surface area (Å²) < 4.78 is 0. The third kappa shape index (κ3) is 5.95. The largest absolute Gasteiger partial charge is 0.394 e. The van der Waals surface area contributed by atoms with Gasteiger partial charge in [0.25, 0.3) is 0 Å². The van der Waals surface area contributed by atoms with Crippen molar-refractivity contribution < 1.29 is 30.6 Å². The van der Waals surface area contributed by atoms with Gasteiger partial charge in [0.1, 0.15) is 29.5 Å². The Bertz CT molecular complexity index is 987. The first kappa shape index (κ1) is 28.2. The molecule has 0 aliphatic carbocycles. The van der Waals surface area contributed by atoms with Gasteiger partial charge in [-0.05, 0) is 74.4 Å². The zero-order chi connectivity index (χ0) is 25.7. The number of rotatable bonds is 11. The Hall–Kier alpha value is -2.06. The molecule has 0 fully saturated rings. The molecule has 0 aliphatic heterocycles. The average Bonchev–Trinajstić information content (AvgIpc) is 2.82. The molecule has 5 atom stereocenters. The van der Waals surface area contributed by atoms with Crippen LogP contribution >= 0.6 is 0 Å². The van der Waals surface area contributed by atoms with Gasteiger partial charge in [-0.3, -0.25) is 0 Å². The van der Waals surface area contributed by atoms with E-state index in [9.17, 15) is 30.6 Å². The summed E-state index contributed by atoms with van der Waals surface area (Å²) in [6.45, 7) is 8.65. The van der Waals surface area contributed by atoms with Crippen LogP contribution in [-0.2, 0) is 12.8 Å². The van der Waals surface area contributed by atoms with Crippen molar-refractivity contribution in [1.29, 1.82) is 0 Å². The first-order valence-electron chi connectivity index (χ1n) is 11.7. The summed E-state index contributed by atoms with van der Waals surface area (Å²) in [5.41, 5.74) is 1.06. The molecule has 0 aliphatic rings. The Labute approximate surface area is 202 Å². The fraction of sp³-hybridized carbons (Fsp3) is 0.500. The predicted molar refractivity (Wildman–Crippen MR) is 134 cm³/mol. The van der Waals surface area contributed by atoms with Crippen LogP contribution in [0, 0.1) is 27.7 Å². The van der Waals surface area contributed by atoms with Crippen molar-refractivity contribution in [2.24, 2.45) is 0 Å². The molecule has 2 aromatic carbocycles. The van der Waals surface area contributed by atoms with Gasteiger partial charge >= 0.3 is 0 Å². The summed E-state index contributed by atoms with van der Waals surface area (Å²) >= 11 is 0. The Morgan fingerprint density at radius 1 is 0.824 bits per heavy atom. The number of hydrogen-bond acceptors (Lipinski definition) is 6. The van der Waals surface area contributed by atoms with E-state index in [0.717, 1.165) is 27.8 Å². The van der Waals surface area contributed by atoms with Crippen LogP contribution in [0.1, 0.15) is 46.7 Å². The number of aliphatic hydroxyl groups excluding tert-OH is 4. The second-order valence-corrected chi connectivity index (χ2v) is 9.54. The predicted octanol–water partition coefficient (Wildman–Crippen LogP) is 2.21.